The summed E-state index contributed by atoms with van der Waals surface area (Å²) in [6.45, 7) is 2.33. The second kappa shape index (κ2) is 4.89. The lowest BCUT2D eigenvalue weighted by molar-refractivity contribution is 0.0320. The standard InChI is InChI=1S/C10H19F2N/c1-7-2-4-8(5-3-7)9(6-13)10(11)12/h7-10H,2-6,13H2,1H3. The molecule has 1 fully saturated rings. The number of alkyl halides is 2. The molecular weight excluding hydrogens is 172 g/mol. The van der Waals surface area contributed by atoms with Crippen LogP contribution in [0.2, 0.25) is 0 Å². The predicted octanol–water partition coefficient (Wildman–Crippen LogP) is 2.65. The summed E-state index contributed by atoms with van der Waals surface area (Å²) >= 11 is 0. The van der Waals surface area contributed by atoms with Gasteiger partial charge in [-0.05, 0) is 24.7 Å². The lowest BCUT2D eigenvalue weighted by atomic mass is 9.76. The Balaban J connectivity index is 2.41. The SMILES string of the molecule is CC1CCC(C(CN)C(F)F)CC1. The molecule has 1 aliphatic carbocycles. The minimum atomic E-state index is -2.23. The smallest absolute Gasteiger partial charge is 0.242 e. The average Bonchev–Trinajstić information content (AvgIpc) is 2.09. The molecule has 0 saturated heterocycles. The van der Waals surface area contributed by atoms with Crippen LogP contribution in [-0.2, 0) is 0 Å². The van der Waals surface area contributed by atoms with Crippen LogP contribution in [0.5, 0.6) is 0 Å². The molecule has 1 unspecified atom stereocenters. The van der Waals surface area contributed by atoms with Gasteiger partial charge in [0.25, 0.3) is 0 Å². The molecule has 0 aromatic heterocycles. The zero-order valence-corrected chi connectivity index (χ0v) is 8.18. The van der Waals surface area contributed by atoms with E-state index in [-0.39, 0.29) is 12.5 Å². The average molecular weight is 191 g/mol. The van der Waals surface area contributed by atoms with Gasteiger partial charge < -0.3 is 5.73 Å². The minimum Gasteiger partial charge on any atom is -0.330 e. The molecule has 3 heteroatoms. The van der Waals surface area contributed by atoms with Crippen molar-refractivity contribution in [2.24, 2.45) is 23.5 Å². The number of hydrogen-bond acceptors (Lipinski definition) is 1. The molecule has 0 bridgehead atoms. The normalized spacial score (nSPS) is 32.1. The zero-order valence-electron chi connectivity index (χ0n) is 8.18. The van der Waals surface area contributed by atoms with Gasteiger partial charge >= 0.3 is 0 Å². The Hall–Kier alpha value is -0.180. The van der Waals surface area contributed by atoms with E-state index in [9.17, 15) is 8.78 Å². The van der Waals surface area contributed by atoms with Crippen molar-refractivity contribution in [2.45, 2.75) is 39.0 Å². The fourth-order valence-electron chi connectivity index (χ4n) is 2.22. The van der Waals surface area contributed by atoms with E-state index in [0.717, 1.165) is 25.7 Å². The van der Waals surface area contributed by atoms with Crippen LogP contribution < -0.4 is 5.73 Å². The van der Waals surface area contributed by atoms with E-state index in [1.165, 1.54) is 0 Å². The van der Waals surface area contributed by atoms with Crippen molar-refractivity contribution in [1.82, 2.24) is 0 Å². The molecule has 1 nitrogen and oxygen atoms in total. The van der Waals surface area contributed by atoms with Crippen LogP contribution in [0, 0.1) is 17.8 Å². The van der Waals surface area contributed by atoms with E-state index in [1.807, 2.05) is 0 Å². The van der Waals surface area contributed by atoms with Crippen molar-refractivity contribution in [3.05, 3.63) is 0 Å². The van der Waals surface area contributed by atoms with Crippen LogP contribution in [-0.4, -0.2) is 13.0 Å². The first-order valence-corrected chi connectivity index (χ1v) is 5.13. The molecule has 0 spiro atoms. The molecule has 0 amide bonds. The molecule has 78 valence electrons. The summed E-state index contributed by atoms with van der Waals surface area (Å²) in [5.41, 5.74) is 5.36. The summed E-state index contributed by atoms with van der Waals surface area (Å²) in [6, 6.07) is 0. The largest absolute Gasteiger partial charge is 0.330 e. The van der Waals surface area contributed by atoms with Crippen LogP contribution in [0.15, 0.2) is 0 Å². The minimum absolute atomic E-state index is 0.136. The van der Waals surface area contributed by atoms with Gasteiger partial charge in [-0.25, -0.2) is 8.78 Å². The monoisotopic (exact) mass is 191 g/mol. The maximum absolute atomic E-state index is 12.5. The van der Waals surface area contributed by atoms with E-state index in [1.54, 1.807) is 0 Å². The van der Waals surface area contributed by atoms with Crippen molar-refractivity contribution in [2.75, 3.05) is 6.54 Å². The zero-order chi connectivity index (χ0) is 9.84. The van der Waals surface area contributed by atoms with Crippen molar-refractivity contribution in [3.8, 4) is 0 Å². The number of nitrogens with two attached hydrogens (primary N) is 1. The molecule has 1 atom stereocenters. The predicted molar refractivity (Wildman–Crippen MR) is 49.7 cm³/mol. The van der Waals surface area contributed by atoms with Gasteiger partial charge in [0.05, 0.1) is 0 Å². The summed E-state index contributed by atoms with van der Waals surface area (Å²) in [6.07, 6.45) is 1.83. The van der Waals surface area contributed by atoms with Crippen LogP contribution in [0.4, 0.5) is 8.78 Å². The summed E-state index contributed by atoms with van der Waals surface area (Å²) in [5.74, 6) is 0.320. The summed E-state index contributed by atoms with van der Waals surface area (Å²) in [4.78, 5) is 0. The van der Waals surface area contributed by atoms with Gasteiger partial charge in [0, 0.05) is 12.5 Å². The van der Waals surface area contributed by atoms with Gasteiger partial charge in [0.2, 0.25) is 6.43 Å². The second-order valence-corrected chi connectivity index (χ2v) is 4.25. The van der Waals surface area contributed by atoms with Gasteiger partial charge in [-0.3, -0.25) is 0 Å². The Kier molecular flexibility index (Phi) is 4.10. The topological polar surface area (TPSA) is 26.0 Å². The Bertz CT molecular complexity index is 142. The van der Waals surface area contributed by atoms with Gasteiger partial charge in [0.1, 0.15) is 0 Å². The maximum Gasteiger partial charge on any atom is 0.242 e. The first kappa shape index (κ1) is 10.9. The van der Waals surface area contributed by atoms with E-state index in [4.69, 9.17) is 5.73 Å². The molecule has 2 N–H and O–H groups in total. The third kappa shape index (κ3) is 2.90. The highest BCUT2D eigenvalue weighted by Crippen LogP contribution is 2.35. The van der Waals surface area contributed by atoms with Crippen LogP contribution >= 0.6 is 0 Å². The maximum atomic E-state index is 12.5. The number of rotatable bonds is 3. The Morgan fingerprint density at radius 2 is 1.77 bits per heavy atom. The first-order valence-electron chi connectivity index (χ1n) is 5.13. The molecule has 0 aliphatic heterocycles. The van der Waals surface area contributed by atoms with Gasteiger partial charge in [-0.2, -0.15) is 0 Å². The molecule has 0 aromatic carbocycles. The molecule has 1 rings (SSSR count). The van der Waals surface area contributed by atoms with Crippen molar-refractivity contribution >= 4 is 0 Å². The lowest BCUT2D eigenvalue weighted by Crippen LogP contribution is -2.32. The van der Waals surface area contributed by atoms with Crippen LogP contribution in [0.1, 0.15) is 32.6 Å². The highest BCUT2D eigenvalue weighted by atomic mass is 19.3. The fourth-order valence-corrected chi connectivity index (χ4v) is 2.22. The second-order valence-electron chi connectivity index (χ2n) is 4.25. The molecular formula is C10H19F2N. The van der Waals surface area contributed by atoms with E-state index < -0.39 is 12.3 Å². The molecule has 1 aliphatic rings. The number of hydrogen-bond donors (Lipinski definition) is 1. The first-order chi connectivity index (χ1) is 6.15. The van der Waals surface area contributed by atoms with Crippen molar-refractivity contribution < 1.29 is 8.78 Å². The third-order valence-electron chi connectivity index (χ3n) is 3.26. The van der Waals surface area contributed by atoms with Crippen LogP contribution in [0.25, 0.3) is 0 Å². The molecule has 0 radical (unpaired) electrons. The summed E-state index contributed by atoms with van der Waals surface area (Å²) in [7, 11) is 0. The molecule has 13 heavy (non-hydrogen) atoms. The fraction of sp³-hybridized carbons (Fsp3) is 1.00. The Morgan fingerprint density at radius 1 is 1.23 bits per heavy atom. The van der Waals surface area contributed by atoms with Gasteiger partial charge in [-0.1, -0.05) is 19.8 Å². The summed E-state index contributed by atoms with van der Waals surface area (Å²) in [5, 5.41) is 0. The van der Waals surface area contributed by atoms with Gasteiger partial charge in [-0.15, -0.1) is 0 Å². The highest BCUT2D eigenvalue weighted by Gasteiger charge is 2.30. The number of halogens is 2. The van der Waals surface area contributed by atoms with Crippen molar-refractivity contribution in [1.29, 1.82) is 0 Å². The van der Waals surface area contributed by atoms with Crippen LogP contribution in [0.3, 0.4) is 0 Å². The Morgan fingerprint density at radius 3 is 2.15 bits per heavy atom. The molecule has 1 saturated carbocycles. The van der Waals surface area contributed by atoms with Gasteiger partial charge in [0.15, 0.2) is 0 Å². The van der Waals surface area contributed by atoms with E-state index in [2.05, 4.69) is 6.92 Å². The lowest BCUT2D eigenvalue weighted by Gasteiger charge is -2.31. The highest BCUT2D eigenvalue weighted by molar-refractivity contribution is 4.78. The molecule has 0 aromatic rings. The summed E-state index contributed by atoms with van der Waals surface area (Å²) < 4.78 is 25.0. The quantitative estimate of drug-likeness (QED) is 0.729. The van der Waals surface area contributed by atoms with Crippen molar-refractivity contribution in [3.63, 3.8) is 0 Å². The molecule has 0 heterocycles. The van der Waals surface area contributed by atoms with E-state index >= 15 is 0 Å². The Labute approximate surface area is 78.7 Å². The van der Waals surface area contributed by atoms with E-state index in [0.29, 0.717) is 5.92 Å². The third-order valence-corrected chi connectivity index (χ3v) is 3.26.